The molecule has 3 nitrogen and oxygen atoms in total. The van der Waals surface area contributed by atoms with Crippen LogP contribution in [0.3, 0.4) is 0 Å². The van der Waals surface area contributed by atoms with Gasteiger partial charge in [-0.3, -0.25) is 0 Å². The Labute approximate surface area is 249 Å². The third kappa shape index (κ3) is 3.23. The van der Waals surface area contributed by atoms with Gasteiger partial charge in [0.25, 0.3) is 6.71 Å². The summed E-state index contributed by atoms with van der Waals surface area (Å²) in [5.74, 6) is 3.53. The summed E-state index contributed by atoms with van der Waals surface area (Å²) in [6.45, 7) is 4.72. The maximum atomic E-state index is 6.61. The Hall–Kier alpha value is -4.74. The van der Waals surface area contributed by atoms with Crippen LogP contribution in [0.1, 0.15) is 25.0 Å². The Bertz CT molecular complexity index is 1940. The smallest absolute Gasteiger partial charge is 0.260 e. The first-order valence-corrected chi connectivity index (χ1v) is 15.3. The van der Waals surface area contributed by atoms with Gasteiger partial charge in [0.05, 0.1) is 11.4 Å². The monoisotopic (exact) mass is 559 g/mol. The minimum atomic E-state index is -0.103. The Morgan fingerprint density at radius 2 is 1.14 bits per heavy atom. The molecular formula is C37H26BNO2S. The number of thiophene rings is 1. The van der Waals surface area contributed by atoms with E-state index in [1.165, 1.54) is 38.4 Å². The predicted octanol–water partition coefficient (Wildman–Crippen LogP) is 8.25. The first kappa shape index (κ1) is 23.9. The van der Waals surface area contributed by atoms with Gasteiger partial charge in [0.1, 0.15) is 28.0 Å². The maximum Gasteiger partial charge on any atom is 0.260 e. The summed E-state index contributed by atoms with van der Waals surface area (Å²) >= 11 is 1.77. The van der Waals surface area contributed by atoms with Crippen molar-refractivity contribution < 1.29 is 9.47 Å². The van der Waals surface area contributed by atoms with E-state index in [1.54, 1.807) is 11.3 Å². The van der Waals surface area contributed by atoms with Crippen molar-refractivity contribution in [2.45, 2.75) is 19.3 Å². The highest BCUT2D eigenvalue weighted by molar-refractivity contribution is 7.15. The van der Waals surface area contributed by atoms with E-state index in [0.29, 0.717) is 0 Å². The lowest BCUT2D eigenvalue weighted by Gasteiger charge is -2.41. The second-order valence-corrected chi connectivity index (χ2v) is 12.6. The SMILES string of the molecule is CC1(C)c2ccccc2N(c2sccc2-c2cc3c4c(c2)Oc2ccccc2B4c2ccccc2O3)c2ccccc21. The number of hydrogen-bond acceptors (Lipinski definition) is 4. The predicted molar refractivity (Wildman–Crippen MR) is 174 cm³/mol. The van der Waals surface area contributed by atoms with Gasteiger partial charge in [-0.1, -0.05) is 86.6 Å². The number of ether oxygens (including phenoxy) is 2. The van der Waals surface area contributed by atoms with E-state index in [-0.39, 0.29) is 12.1 Å². The summed E-state index contributed by atoms with van der Waals surface area (Å²) in [6, 6.07) is 41.0. The fourth-order valence-corrected chi connectivity index (χ4v) is 8.08. The van der Waals surface area contributed by atoms with Crippen LogP contribution in [0.5, 0.6) is 23.0 Å². The molecule has 5 heteroatoms. The first-order valence-electron chi connectivity index (χ1n) is 14.4. The molecule has 1 aromatic heterocycles. The zero-order valence-corrected chi connectivity index (χ0v) is 24.1. The van der Waals surface area contributed by atoms with Crippen LogP contribution >= 0.6 is 11.3 Å². The zero-order valence-electron chi connectivity index (χ0n) is 23.3. The standard InChI is InChI=1S/C37H26BNO2S/c1-37(2)25-11-3-7-15-29(25)39(30-16-8-4-12-26(30)37)36-24(19-20-42-36)23-21-33-35-34(22-23)41-32-18-10-6-14-28(32)38(35)27-13-5-9-17-31(27)40-33/h3-22H,1-2H3. The van der Waals surface area contributed by atoms with Crippen LogP contribution in [0, 0.1) is 0 Å². The summed E-state index contributed by atoms with van der Waals surface area (Å²) in [5.41, 5.74) is 10.7. The number of para-hydroxylation sites is 4. The summed E-state index contributed by atoms with van der Waals surface area (Å²) in [4.78, 5) is 2.44. The molecule has 0 aliphatic carbocycles. The molecule has 0 N–H and O–H groups in total. The van der Waals surface area contributed by atoms with Crippen molar-refractivity contribution in [1.82, 2.24) is 0 Å². The van der Waals surface area contributed by atoms with Gasteiger partial charge >= 0.3 is 0 Å². The number of benzene rings is 5. The van der Waals surface area contributed by atoms with E-state index in [0.717, 1.165) is 39.6 Å². The molecule has 5 aromatic carbocycles. The topological polar surface area (TPSA) is 21.7 Å². The number of hydrogen-bond donors (Lipinski definition) is 0. The highest BCUT2D eigenvalue weighted by Gasteiger charge is 2.41. The molecule has 3 aliphatic rings. The molecule has 9 rings (SSSR count). The van der Waals surface area contributed by atoms with Gasteiger partial charge in [0, 0.05) is 16.4 Å². The molecule has 0 saturated heterocycles. The largest absolute Gasteiger partial charge is 0.458 e. The highest BCUT2D eigenvalue weighted by Crippen LogP contribution is 2.55. The first-order chi connectivity index (χ1) is 20.6. The van der Waals surface area contributed by atoms with E-state index >= 15 is 0 Å². The van der Waals surface area contributed by atoms with Gasteiger partial charge in [-0.05, 0) is 75.5 Å². The maximum absolute atomic E-state index is 6.61. The highest BCUT2D eigenvalue weighted by atomic mass is 32.1. The molecule has 0 fully saturated rings. The summed E-state index contributed by atoms with van der Waals surface area (Å²) in [5, 5.41) is 3.37. The number of nitrogens with zero attached hydrogens (tertiary/aromatic N) is 1. The number of rotatable bonds is 2. The molecule has 0 amide bonds. The van der Waals surface area contributed by atoms with Crippen LogP contribution in [0.4, 0.5) is 16.4 Å². The molecule has 4 heterocycles. The van der Waals surface area contributed by atoms with Crippen LogP contribution in [0.2, 0.25) is 0 Å². The fourth-order valence-electron chi connectivity index (χ4n) is 7.13. The van der Waals surface area contributed by atoms with Crippen molar-refractivity contribution in [3.8, 4) is 34.1 Å². The molecule has 0 saturated carbocycles. The lowest BCUT2D eigenvalue weighted by molar-refractivity contribution is 0.465. The number of fused-ring (bicyclic) bond motifs is 6. The molecule has 0 spiro atoms. The summed E-state index contributed by atoms with van der Waals surface area (Å²) in [7, 11) is 0. The lowest BCUT2D eigenvalue weighted by atomic mass is 9.35. The molecule has 0 radical (unpaired) electrons. The van der Waals surface area contributed by atoms with Crippen molar-refractivity contribution >= 4 is 50.8 Å². The van der Waals surface area contributed by atoms with Crippen molar-refractivity contribution in [3.05, 3.63) is 132 Å². The molecule has 3 aliphatic heterocycles. The van der Waals surface area contributed by atoms with Gasteiger partial charge in [-0.25, -0.2) is 0 Å². The summed E-state index contributed by atoms with van der Waals surface area (Å²) in [6.07, 6.45) is 0. The van der Waals surface area contributed by atoms with Crippen LogP contribution in [-0.2, 0) is 5.41 Å². The zero-order chi connectivity index (χ0) is 28.0. The van der Waals surface area contributed by atoms with Gasteiger partial charge in [0.15, 0.2) is 0 Å². The average Bonchev–Trinajstić information content (AvgIpc) is 3.50. The third-order valence-electron chi connectivity index (χ3n) is 9.09. The second kappa shape index (κ2) is 8.64. The minimum absolute atomic E-state index is 0.0731. The summed E-state index contributed by atoms with van der Waals surface area (Å²) < 4.78 is 13.2. The third-order valence-corrected chi connectivity index (χ3v) is 9.99. The Balaban J connectivity index is 1.25. The van der Waals surface area contributed by atoms with Crippen LogP contribution in [0.25, 0.3) is 11.1 Å². The molecule has 0 bridgehead atoms. The van der Waals surface area contributed by atoms with E-state index in [4.69, 9.17) is 9.47 Å². The minimum Gasteiger partial charge on any atom is -0.458 e. The van der Waals surface area contributed by atoms with Crippen molar-refractivity contribution in [3.63, 3.8) is 0 Å². The van der Waals surface area contributed by atoms with Gasteiger partial charge in [-0.2, -0.15) is 0 Å². The van der Waals surface area contributed by atoms with E-state index in [1.807, 2.05) is 12.1 Å². The fraction of sp³-hybridized carbons (Fsp3) is 0.0811. The molecule has 0 unspecified atom stereocenters. The molecular weight excluding hydrogens is 533 g/mol. The molecule has 6 aromatic rings. The normalized spacial score (nSPS) is 14.9. The van der Waals surface area contributed by atoms with E-state index in [2.05, 4.69) is 127 Å². The Morgan fingerprint density at radius 1 is 0.619 bits per heavy atom. The Morgan fingerprint density at radius 3 is 1.74 bits per heavy atom. The van der Waals surface area contributed by atoms with Gasteiger partial charge in [0.2, 0.25) is 0 Å². The van der Waals surface area contributed by atoms with Crippen LogP contribution in [-0.4, -0.2) is 6.71 Å². The van der Waals surface area contributed by atoms with Crippen molar-refractivity contribution in [2.75, 3.05) is 4.90 Å². The molecule has 0 atom stereocenters. The van der Waals surface area contributed by atoms with Gasteiger partial charge in [-0.15, -0.1) is 11.3 Å². The van der Waals surface area contributed by atoms with Gasteiger partial charge < -0.3 is 14.4 Å². The average molecular weight is 559 g/mol. The second-order valence-electron chi connectivity index (χ2n) is 11.7. The molecule has 42 heavy (non-hydrogen) atoms. The quantitative estimate of drug-likeness (QED) is 0.199. The number of anilines is 3. The van der Waals surface area contributed by atoms with E-state index in [9.17, 15) is 0 Å². The van der Waals surface area contributed by atoms with E-state index < -0.39 is 0 Å². The Kier molecular flexibility index (Phi) is 4.92. The lowest BCUT2D eigenvalue weighted by Crippen LogP contribution is -2.57. The van der Waals surface area contributed by atoms with Crippen molar-refractivity contribution in [1.29, 1.82) is 0 Å². The van der Waals surface area contributed by atoms with Crippen molar-refractivity contribution in [2.24, 2.45) is 0 Å². The van der Waals surface area contributed by atoms with Crippen LogP contribution in [0.15, 0.2) is 121 Å². The van der Waals surface area contributed by atoms with Crippen LogP contribution < -0.4 is 30.8 Å². The molecule has 200 valence electrons.